The van der Waals surface area contributed by atoms with Gasteiger partial charge in [0.05, 0.1) is 44.1 Å². The summed E-state index contributed by atoms with van der Waals surface area (Å²) < 4.78 is 13.0. The fraction of sp³-hybridized carbons (Fsp3) is 0.500. The van der Waals surface area contributed by atoms with E-state index >= 15 is 0 Å². The molecule has 0 saturated carbocycles. The third-order valence-corrected chi connectivity index (χ3v) is 4.95. The minimum Gasteiger partial charge on any atom is -0.381 e. The van der Waals surface area contributed by atoms with Crippen LogP contribution in [0.1, 0.15) is 12.8 Å². The molecule has 1 saturated heterocycles. The quantitative estimate of drug-likeness (QED) is 0.853. The Balaban J connectivity index is 1.70. The molecule has 0 atom stereocenters. The Labute approximate surface area is 135 Å². The average molecular weight is 340 g/mol. The fourth-order valence-corrected chi connectivity index (χ4v) is 3.42. The van der Waals surface area contributed by atoms with Gasteiger partial charge in [-0.05, 0) is 0 Å². The maximum absolute atomic E-state index is 12.3. The molecule has 6 nitrogen and oxygen atoms in total. The summed E-state index contributed by atoms with van der Waals surface area (Å²) in [7, 11) is 0. The maximum Gasteiger partial charge on any atom is 0.262 e. The summed E-state index contributed by atoms with van der Waals surface area (Å²) in [6, 6.07) is 2.23. The van der Waals surface area contributed by atoms with Gasteiger partial charge in [-0.3, -0.25) is 9.36 Å². The van der Waals surface area contributed by atoms with E-state index in [2.05, 4.69) is 11.1 Å². The molecule has 0 N–H and O–H groups in total. The van der Waals surface area contributed by atoms with Crippen LogP contribution in [-0.2, 0) is 16.0 Å². The Morgan fingerprint density at radius 3 is 3.05 bits per heavy atom. The van der Waals surface area contributed by atoms with Crippen LogP contribution in [-0.4, -0.2) is 35.0 Å². The van der Waals surface area contributed by atoms with Gasteiger partial charge in [-0.2, -0.15) is 5.26 Å². The Bertz CT molecular complexity index is 774. The molecule has 22 heavy (non-hydrogen) atoms. The molecule has 0 bridgehead atoms. The first-order valence-electron chi connectivity index (χ1n) is 6.90. The van der Waals surface area contributed by atoms with E-state index in [-0.39, 0.29) is 12.2 Å². The lowest BCUT2D eigenvalue weighted by atomic mass is 9.96. The highest BCUT2D eigenvalue weighted by atomic mass is 35.5. The molecule has 1 aliphatic heterocycles. The second kappa shape index (κ2) is 6.34. The molecular weight excluding hydrogens is 326 g/mol. The zero-order chi connectivity index (χ0) is 15.6. The van der Waals surface area contributed by atoms with Crippen molar-refractivity contribution in [2.75, 3.05) is 19.8 Å². The Morgan fingerprint density at radius 1 is 1.55 bits per heavy atom. The summed E-state index contributed by atoms with van der Waals surface area (Å²) in [6.45, 7) is 1.67. The summed E-state index contributed by atoms with van der Waals surface area (Å²) in [4.78, 5) is 16.5. The van der Waals surface area contributed by atoms with Crippen LogP contribution in [0.4, 0.5) is 0 Å². The molecule has 0 aromatic carbocycles. The van der Waals surface area contributed by atoms with Crippen molar-refractivity contribution in [1.29, 1.82) is 5.26 Å². The van der Waals surface area contributed by atoms with Gasteiger partial charge in [0, 0.05) is 18.2 Å². The van der Waals surface area contributed by atoms with Crippen molar-refractivity contribution in [2.45, 2.75) is 25.0 Å². The normalized spacial score (nSPS) is 17.5. The monoisotopic (exact) mass is 339 g/mol. The van der Waals surface area contributed by atoms with Gasteiger partial charge in [0.25, 0.3) is 5.56 Å². The summed E-state index contributed by atoms with van der Waals surface area (Å²) in [5.41, 5.74) is -0.410. The van der Waals surface area contributed by atoms with E-state index in [0.717, 1.165) is 0 Å². The zero-order valence-electron chi connectivity index (χ0n) is 11.7. The number of nitriles is 1. The first-order valence-corrected chi connectivity index (χ1v) is 8.16. The number of hydrogen-bond acceptors (Lipinski definition) is 6. The van der Waals surface area contributed by atoms with E-state index in [4.69, 9.17) is 21.1 Å². The van der Waals surface area contributed by atoms with Crippen LogP contribution in [0.2, 0.25) is 4.34 Å². The number of thiophene rings is 1. The van der Waals surface area contributed by atoms with Crippen LogP contribution < -0.4 is 5.56 Å². The fourth-order valence-electron chi connectivity index (χ4n) is 2.42. The van der Waals surface area contributed by atoms with Crippen LogP contribution in [0.5, 0.6) is 0 Å². The number of halogens is 1. The largest absolute Gasteiger partial charge is 0.381 e. The lowest BCUT2D eigenvalue weighted by molar-refractivity contribution is -0.0778. The minimum absolute atomic E-state index is 0.144. The van der Waals surface area contributed by atoms with Gasteiger partial charge >= 0.3 is 0 Å². The van der Waals surface area contributed by atoms with Crippen LogP contribution in [0.3, 0.4) is 0 Å². The van der Waals surface area contributed by atoms with Crippen molar-refractivity contribution in [3.8, 4) is 6.07 Å². The Morgan fingerprint density at radius 2 is 2.32 bits per heavy atom. The third-order valence-electron chi connectivity index (χ3n) is 3.75. The maximum atomic E-state index is 12.3. The minimum atomic E-state index is -0.801. The van der Waals surface area contributed by atoms with Crippen LogP contribution in [0, 0.1) is 11.3 Å². The highest BCUT2D eigenvalue weighted by molar-refractivity contribution is 7.16. The first-order chi connectivity index (χ1) is 10.7. The topological polar surface area (TPSA) is 77.1 Å². The van der Waals surface area contributed by atoms with E-state index in [1.807, 2.05) is 0 Å². The number of hydrogen-bond donors (Lipinski definition) is 0. The van der Waals surface area contributed by atoms with Crippen molar-refractivity contribution >= 4 is 33.8 Å². The molecule has 0 aliphatic carbocycles. The number of rotatable bonds is 4. The van der Waals surface area contributed by atoms with E-state index in [9.17, 15) is 10.1 Å². The Kier molecular flexibility index (Phi) is 4.45. The lowest BCUT2D eigenvalue weighted by Gasteiger charge is -2.30. The molecule has 0 radical (unpaired) electrons. The third kappa shape index (κ3) is 2.88. The van der Waals surface area contributed by atoms with Gasteiger partial charge in [0.15, 0.2) is 5.60 Å². The van der Waals surface area contributed by atoms with Crippen LogP contribution >= 0.6 is 22.9 Å². The first kappa shape index (κ1) is 15.4. The lowest BCUT2D eigenvalue weighted by Crippen LogP contribution is -2.39. The van der Waals surface area contributed by atoms with Crippen molar-refractivity contribution in [1.82, 2.24) is 9.55 Å². The number of aromatic nitrogens is 2. The summed E-state index contributed by atoms with van der Waals surface area (Å²) in [5.74, 6) is 0. The second-order valence-electron chi connectivity index (χ2n) is 5.08. The van der Waals surface area contributed by atoms with Gasteiger partial charge in [-0.25, -0.2) is 4.98 Å². The van der Waals surface area contributed by atoms with E-state index < -0.39 is 5.60 Å². The Hall–Kier alpha value is -1.46. The standard InChI is InChI=1S/C14H14ClN3O3S/c15-12-11-10(7-22-12)13(19)18(9-17-11)3-6-21-14(8-16)1-4-20-5-2-14/h7,9H,1-6H2. The summed E-state index contributed by atoms with van der Waals surface area (Å²) >= 11 is 7.27. The molecule has 2 aromatic rings. The van der Waals surface area contributed by atoms with E-state index in [1.54, 1.807) is 5.38 Å². The van der Waals surface area contributed by atoms with Crippen molar-refractivity contribution in [2.24, 2.45) is 0 Å². The molecule has 2 aromatic heterocycles. The highest BCUT2D eigenvalue weighted by Gasteiger charge is 2.33. The van der Waals surface area contributed by atoms with Crippen LogP contribution in [0.25, 0.3) is 10.9 Å². The number of ether oxygens (including phenoxy) is 2. The number of nitrogens with zero attached hydrogens (tertiary/aromatic N) is 3. The predicted octanol–water partition coefficient (Wildman–Crippen LogP) is 2.20. The van der Waals surface area contributed by atoms with Gasteiger partial charge in [-0.1, -0.05) is 11.6 Å². The smallest absolute Gasteiger partial charge is 0.262 e. The molecular formula is C14H14ClN3O3S. The predicted molar refractivity (Wildman–Crippen MR) is 83.2 cm³/mol. The molecule has 1 fully saturated rings. The van der Waals surface area contributed by atoms with Gasteiger partial charge < -0.3 is 9.47 Å². The molecule has 3 rings (SSSR count). The molecule has 116 valence electrons. The SMILES string of the molecule is N#CC1(OCCn2cnc3c(Cl)scc3c2=O)CCOCC1. The molecule has 0 amide bonds. The zero-order valence-corrected chi connectivity index (χ0v) is 13.3. The summed E-state index contributed by atoms with van der Waals surface area (Å²) in [5, 5.41) is 11.5. The van der Waals surface area contributed by atoms with Crippen molar-refractivity contribution in [3.63, 3.8) is 0 Å². The highest BCUT2D eigenvalue weighted by Crippen LogP contribution is 2.26. The molecule has 0 spiro atoms. The van der Waals surface area contributed by atoms with Gasteiger partial charge in [0.2, 0.25) is 0 Å². The van der Waals surface area contributed by atoms with Gasteiger partial charge in [0.1, 0.15) is 9.85 Å². The molecule has 1 aliphatic rings. The average Bonchev–Trinajstić information content (AvgIpc) is 2.93. The van der Waals surface area contributed by atoms with Crippen molar-refractivity contribution < 1.29 is 9.47 Å². The second-order valence-corrected chi connectivity index (χ2v) is 6.56. The molecule has 3 heterocycles. The van der Waals surface area contributed by atoms with E-state index in [1.165, 1.54) is 22.2 Å². The van der Waals surface area contributed by atoms with Gasteiger partial charge in [-0.15, -0.1) is 11.3 Å². The summed E-state index contributed by atoms with van der Waals surface area (Å²) in [6.07, 6.45) is 2.57. The van der Waals surface area contributed by atoms with E-state index in [0.29, 0.717) is 47.8 Å². The van der Waals surface area contributed by atoms with Crippen molar-refractivity contribution in [3.05, 3.63) is 26.4 Å². The molecule has 0 unspecified atom stereocenters. The molecule has 8 heteroatoms. The van der Waals surface area contributed by atoms with Crippen LogP contribution in [0.15, 0.2) is 16.5 Å². The number of fused-ring (bicyclic) bond motifs is 1.